The van der Waals surface area contributed by atoms with Crippen LogP contribution in [0.4, 0.5) is 5.69 Å². The molecule has 0 saturated heterocycles. The summed E-state index contributed by atoms with van der Waals surface area (Å²) < 4.78 is 6.39. The van der Waals surface area contributed by atoms with Gasteiger partial charge in [0.15, 0.2) is 5.96 Å². The fraction of sp³-hybridized carbons (Fsp3) is 0.214. The summed E-state index contributed by atoms with van der Waals surface area (Å²) in [6.07, 6.45) is 0. The predicted molar refractivity (Wildman–Crippen MR) is 86.7 cm³/mol. The van der Waals surface area contributed by atoms with E-state index in [1.54, 1.807) is 18.4 Å². The van der Waals surface area contributed by atoms with Crippen molar-refractivity contribution in [1.82, 2.24) is 0 Å². The molecule has 1 unspecified atom stereocenters. The molecule has 4 nitrogen and oxygen atoms in total. The van der Waals surface area contributed by atoms with Crippen LogP contribution in [-0.2, 0) is 0 Å². The lowest BCUT2D eigenvalue weighted by atomic mass is 10.2. The first kappa shape index (κ1) is 13.5. The van der Waals surface area contributed by atoms with Crippen LogP contribution in [0.5, 0.6) is 5.75 Å². The summed E-state index contributed by atoms with van der Waals surface area (Å²) in [4.78, 5) is 7.68. The number of hydrogen-bond donors (Lipinski definition) is 1. The third-order valence-electron chi connectivity index (χ3n) is 3.26. The largest absolute Gasteiger partial charge is 0.497 e. The Morgan fingerprint density at radius 3 is 3.00 bits per heavy atom. The fourth-order valence-corrected chi connectivity index (χ4v) is 4.03. The van der Waals surface area contributed by atoms with Crippen molar-refractivity contribution >= 4 is 38.9 Å². The number of halogens is 1. The molecular weight excluding hydrogens is 338 g/mol. The first-order valence-electron chi connectivity index (χ1n) is 6.17. The summed E-state index contributed by atoms with van der Waals surface area (Å²) in [5, 5.41) is 2.07. The second-order valence-electron chi connectivity index (χ2n) is 4.42. The molecule has 1 atom stereocenters. The molecule has 0 amide bonds. The van der Waals surface area contributed by atoms with Crippen LogP contribution in [0.1, 0.15) is 10.9 Å². The summed E-state index contributed by atoms with van der Waals surface area (Å²) in [6.45, 7) is 0.669. The van der Waals surface area contributed by atoms with Crippen molar-refractivity contribution in [1.29, 1.82) is 0 Å². The number of hydrogen-bond acceptors (Lipinski definition) is 5. The highest BCUT2D eigenvalue weighted by Crippen LogP contribution is 2.38. The molecule has 3 rings (SSSR count). The molecule has 2 heterocycles. The number of benzene rings is 1. The first-order chi connectivity index (χ1) is 9.70. The summed E-state index contributed by atoms with van der Waals surface area (Å²) in [7, 11) is 1.66. The maximum absolute atomic E-state index is 6.07. The molecule has 0 radical (unpaired) electrons. The van der Waals surface area contributed by atoms with Crippen LogP contribution in [0, 0.1) is 0 Å². The van der Waals surface area contributed by atoms with E-state index in [0.29, 0.717) is 12.5 Å². The van der Waals surface area contributed by atoms with Crippen molar-refractivity contribution in [3.63, 3.8) is 0 Å². The van der Waals surface area contributed by atoms with Gasteiger partial charge in [-0.05, 0) is 39.5 Å². The number of ether oxygens (including phenoxy) is 1. The molecular formula is C14H14BrN3OS. The molecule has 1 aromatic carbocycles. The quantitative estimate of drug-likeness (QED) is 0.921. The van der Waals surface area contributed by atoms with Gasteiger partial charge in [0.1, 0.15) is 5.75 Å². The van der Waals surface area contributed by atoms with Gasteiger partial charge in [-0.25, -0.2) is 0 Å². The van der Waals surface area contributed by atoms with Crippen LogP contribution >= 0.6 is 27.3 Å². The molecule has 2 N–H and O–H groups in total. The second kappa shape index (κ2) is 5.46. The Labute approximate surface area is 130 Å². The molecule has 1 aliphatic rings. The van der Waals surface area contributed by atoms with Gasteiger partial charge in [0, 0.05) is 21.1 Å². The Morgan fingerprint density at radius 2 is 2.30 bits per heavy atom. The molecule has 0 spiro atoms. The minimum Gasteiger partial charge on any atom is -0.497 e. The van der Waals surface area contributed by atoms with Gasteiger partial charge >= 0.3 is 0 Å². The highest BCUT2D eigenvalue weighted by atomic mass is 79.9. The summed E-state index contributed by atoms with van der Waals surface area (Å²) >= 11 is 5.30. The van der Waals surface area contributed by atoms with E-state index in [0.717, 1.165) is 15.9 Å². The van der Waals surface area contributed by atoms with Crippen LogP contribution in [0.2, 0.25) is 0 Å². The van der Waals surface area contributed by atoms with Crippen LogP contribution in [0.25, 0.3) is 0 Å². The highest BCUT2D eigenvalue weighted by molar-refractivity contribution is 9.10. The number of guanidine groups is 1. The minimum absolute atomic E-state index is 0.136. The normalized spacial score (nSPS) is 18.2. The monoisotopic (exact) mass is 351 g/mol. The minimum atomic E-state index is 0.136. The zero-order chi connectivity index (χ0) is 14.1. The molecule has 1 aliphatic heterocycles. The molecule has 20 heavy (non-hydrogen) atoms. The number of methoxy groups -OCH3 is 1. The molecule has 2 aromatic rings. The van der Waals surface area contributed by atoms with Gasteiger partial charge < -0.3 is 15.4 Å². The number of nitrogens with two attached hydrogens (primary N) is 1. The average molecular weight is 352 g/mol. The maximum atomic E-state index is 6.07. The van der Waals surface area contributed by atoms with E-state index in [9.17, 15) is 0 Å². The summed E-state index contributed by atoms with van der Waals surface area (Å²) in [5.74, 6) is 1.36. The Kier molecular flexibility index (Phi) is 3.67. The Balaban J connectivity index is 2.00. The summed E-state index contributed by atoms with van der Waals surface area (Å²) in [5.41, 5.74) is 7.07. The van der Waals surface area contributed by atoms with Crippen molar-refractivity contribution < 1.29 is 4.74 Å². The molecule has 0 fully saturated rings. The first-order valence-corrected chi connectivity index (χ1v) is 7.84. The Hall–Kier alpha value is -1.53. The van der Waals surface area contributed by atoms with Gasteiger partial charge in [0.25, 0.3) is 0 Å². The van der Waals surface area contributed by atoms with Crippen molar-refractivity contribution in [2.24, 2.45) is 10.7 Å². The van der Waals surface area contributed by atoms with Crippen LogP contribution in [0.15, 0.2) is 45.2 Å². The molecule has 0 saturated carbocycles. The van der Waals surface area contributed by atoms with Gasteiger partial charge in [-0.15, -0.1) is 11.3 Å². The van der Waals surface area contributed by atoms with Crippen molar-refractivity contribution in [3.05, 3.63) is 45.1 Å². The average Bonchev–Trinajstić information content (AvgIpc) is 3.04. The summed E-state index contributed by atoms with van der Waals surface area (Å²) in [6, 6.07) is 10.1. The second-order valence-corrected chi connectivity index (χ2v) is 6.22. The van der Waals surface area contributed by atoms with Gasteiger partial charge in [-0.2, -0.15) is 0 Å². The van der Waals surface area contributed by atoms with E-state index in [1.807, 2.05) is 24.3 Å². The number of nitrogens with zero attached hydrogens (tertiary/aromatic N) is 2. The number of aliphatic imine (C=N–C) groups is 1. The maximum Gasteiger partial charge on any atom is 0.196 e. The third-order valence-corrected chi connectivity index (χ3v) is 5.24. The van der Waals surface area contributed by atoms with Gasteiger partial charge in [0.05, 0.1) is 19.7 Å². The van der Waals surface area contributed by atoms with E-state index < -0.39 is 0 Å². The standard InChI is InChI=1S/C14H14BrN3OS/c1-19-10-4-2-3-9(7-10)18-12(8-17-14(18)16)13-11(15)5-6-20-13/h2-7,12H,8H2,1H3,(H2,16,17). The van der Waals surface area contributed by atoms with Crippen LogP contribution < -0.4 is 15.4 Å². The third kappa shape index (κ3) is 2.29. The highest BCUT2D eigenvalue weighted by Gasteiger charge is 2.31. The zero-order valence-electron chi connectivity index (χ0n) is 10.9. The van der Waals surface area contributed by atoms with E-state index in [2.05, 4.69) is 37.3 Å². The van der Waals surface area contributed by atoms with Crippen LogP contribution in [0.3, 0.4) is 0 Å². The molecule has 1 aromatic heterocycles. The van der Waals surface area contributed by atoms with Gasteiger partial charge in [0.2, 0.25) is 0 Å². The number of thiophene rings is 1. The van der Waals surface area contributed by atoms with E-state index in [4.69, 9.17) is 10.5 Å². The lowest BCUT2D eigenvalue weighted by Gasteiger charge is -2.26. The fourth-order valence-electron chi connectivity index (χ4n) is 2.31. The smallest absolute Gasteiger partial charge is 0.196 e. The van der Waals surface area contributed by atoms with Crippen molar-refractivity contribution in [2.75, 3.05) is 18.6 Å². The van der Waals surface area contributed by atoms with Crippen molar-refractivity contribution in [2.45, 2.75) is 6.04 Å². The Bertz CT molecular complexity index is 655. The lowest BCUT2D eigenvalue weighted by molar-refractivity contribution is 0.415. The Morgan fingerprint density at radius 1 is 1.45 bits per heavy atom. The SMILES string of the molecule is COc1cccc(N2C(N)=NCC2c2sccc2Br)c1. The topological polar surface area (TPSA) is 50.9 Å². The number of anilines is 1. The van der Waals surface area contributed by atoms with Gasteiger partial charge in [-0.1, -0.05) is 6.07 Å². The van der Waals surface area contributed by atoms with Crippen LogP contribution in [-0.4, -0.2) is 19.6 Å². The van der Waals surface area contributed by atoms with Crippen molar-refractivity contribution in [3.8, 4) is 5.75 Å². The lowest BCUT2D eigenvalue weighted by Crippen LogP contribution is -2.35. The molecule has 6 heteroatoms. The number of rotatable bonds is 3. The van der Waals surface area contributed by atoms with E-state index in [-0.39, 0.29) is 6.04 Å². The van der Waals surface area contributed by atoms with E-state index >= 15 is 0 Å². The van der Waals surface area contributed by atoms with E-state index in [1.165, 1.54) is 4.88 Å². The predicted octanol–water partition coefficient (Wildman–Crippen LogP) is 3.40. The van der Waals surface area contributed by atoms with Gasteiger partial charge in [-0.3, -0.25) is 4.99 Å². The molecule has 0 bridgehead atoms. The molecule has 104 valence electrons. The zero-order valence-corrected chi connectivity index (χ0v) is 13.3. The molecule has 0 aliphatic carbocycles.